The Morgan fingerprint density at radius 3 is 2.48 bits per heavy atom. The first-order chi connectivity index (χ1) is 16.3. The first kappa shape index (κ1) is 20.1. The molecule has 0 saturated carbocycles. The highest BCUT2D eigenvalue weighted by molar-refractivity contribution is 6.07. The van der Waals surface area contributed by atoms with E-state index < -0.39 is 0 Å². The summed E-state index contributed by atoms with van der Waals surface area (Å²) in [6, 6.07) is 13.3. The van der Waals surface area contributed by atoms with Crippen LogP contribution in [0, 0.1) is 0 Å². The first-order valence-electron chi connectivity index (χ1n) is 11.9. The molecule has 0 radical (unpaired) electrons. The number of fused-ring (bicyclic) bond motifs is 3. The van der Waals surface area contributed by atoms with Gasteiger partial charge in [0.1, 0.15) is 5.65 Å². The zero-order chi connectivity index (χ0) is 22.2. The Kier molecular flexibility index (Phi) is 5.15. The number of benzene rings is 1. The maximum Gasteiger partial charge on any atom is 0.138 e. The van der Waals surface area contributed by atoms with Crippen LogP contribution in [0.4, 0.5) is 0 Å². The summed E-state index contributed by atoms with van der Waals surface area (Å²) in [4.78, 5) is 15.3. The molecular formula is C27H28N6. The number of aryl methyl sites for hydroxylation is 1. The molecule has 6 heteroatoms. The quantitative estimate of drug-likeness (QED) is 0.387. The van der Waals surface area contributed by atoms with Gasteiger partial charge in [-0.05, 0) is 56.1 Å². The van der Waals surface area contributed by atoms with Crippen LogP contribution in [0.2, 0.25) is 0 Å². The van der Waals surface area contributed by atoms with E-state index in [9.17, 15) is 0 Å². The van der Waals surface area contributed by atoms with Crippen molar-refractivity contribution in [1.82, 2.24) is 29.6 Å². The third-order valence-corrected chi connectivity index (χ3v) is 6.73. The largest absolute Gasteiger partial charge is 0.338 e. The van der Waals surface area contributed by atoms with Gasteiger partial charge in [0.05, 0.1) is 23.6 Å². The molecule has 1 fully saturated rings. The maximum absolute atomic E-state index is 4.72. The molecule has 0 spiro atoms. The van der Waals surface area contributed by atoms with E-state index in [2.05, 4.69) is 63.3 Å². The van der Waals surface area contributed by atoms with Crippen molar-refractivity contribution < 1.29 is 0 Å². The van der Waals surface area contributed by atoms with Crippen LogP contribution in [-0.2, 0) is 13.1 Å². The maximum atomic E-state index is 4.72. The third kappa shape index (κ3) is 3.91. The van der Waals surface area contributed by atoms with E-state index in [4.69, 9.17) is 4.98 Å². The van der Waals surface area contributed by atoms with Crippen molar-refractivity contribution in [2.75, 3.05) is 13.1 Å². The highest BCUT2D eigenvalue weighted by Gasteiger charge is 2.12. The van der Waals surface area contributed by atoms with Gasteiger partial charge in [0.15, 0.2) is 0 Å². The van der Waals surface area contributed by atoms with Gasteiger partial charge in [-0.1, -0.05) is 30.7 Å². The number of hydrogen-bond acceptors (Lipinski definition) is 4. The number of H-pyrrole nitrogens is 1. The van der Waals surface area contributed by atoms with Crippen LogP contribution < -0.4 is 0 Å². The molecule has 1 N–H and O–H groups in total. The van der Waals surface area contributed by atoms with Crippen LogP contribution in [0.15, 0.2) is 61.2 Å². The molecule has 5 aromatic rings. The van der Waals surface area contributed by atoms with E-state index in [0.717, 1.165) is 51.8 Å². The normalized spacial score (nSPS) is 14.9. The van der Waals surface area contributed by atoms with Crippen molar-refractivity contribution in [2.24, 2.45) is 0 Å². The lowest BCUT2D eigenvalue weighted by molar-refractivity contribution is 0.221. The number of piperidine rings is 1. The van der Waals surface area contributed by atoms with Crippen LogP contribution in [0.3, 0.4) is 0 Å². The van der Waals surface area contributed by atoms with E-state index in [0.29, 0.717) is 0 Å². The number of nitrogens with zero attached hydrogens (tertiary/aromatic N) is 5. The Morgan fingerprint density at radius 1 is 0.848 bits per heavy atom. The fourth-order valence-electron chi connectivity index (χ4n) is 4.84. The summed E-state index contributed by atoms with van der Waals surface area (Å²) in [6.07, 6.45) is 11.8. The Hall–Kier alpha value is -3.51. The van der Waals surface area contributed by atoms with Gasteiger partial charge in [0, 0.05) is 47.4 Å². The Balaban J connectivity index is 1.32. The SMILES string of the molecule is CCn1cc(-c2cc3c(cn2)[nH]c2ncc(-c4ccc(CN5CCCCC5)cc4)cc23)cn1. The smallest absolute Gasteiger partial charge is 0.138 e. The lowest BCUT2D eigenvalue weighted by Crippen LogP contribution is -2.28. The van der Waals surface area contributed by atoms with Crippen LogP contribution in [-0.4, -0.2) is 42.7 Å². The summed E-state index contributed by atoms with van der Waals surface area (Å²) in [5.74, 6) is 0. The van der Waals surface area contributed by atoms with Gasteiger partial charge in [-0.3, -0.25) is 14.6 Å². The van der Waals surface area contributed by atoms with Gasteiger partial charge >= 0.3 is 0 Å². The average molecular weight is 437 g/mol. The first-order valence-corrected chi connectivity index (χ1v) is 11.9. The molecular weight excluding hydrogens is 408 g/mol. The molecule has 166 valence electrons. The zero-order valence-electron chi connectivity index (χ0n) is 19.0. The van der Waals surface area contributed by atoms with Crippen LogP contribution in [0.5, 0.6) is 0 Å². The predicted molar refractivity (Wildman–Crippen MR) is 133 cm³/mol. The Labute approximate surface area is 193 Å². The fraction of sp³-hybridized carbons (Fsp3) is 0.296. The third-order valence-electron chi connectivity index (χ3n) is 6.73. The summed E-state index contributed by atoms with van der Waals surface area (Å²) in [6.45, 7) is 6.42. The molecule has 1 saturated heterocycles. The van der Waals surface area contributed by atoms with Crippen molar-refractivity contribution >= 4 is 21.9 Å². The number of likely N-dealkylation sites (tertiary alicyclic amines) is 1. The summed E-state index contributed by atoms with van der Waals surface area (Å²) >= 11 is 0. The number of pyridine rings is 2. The van der Waals surface area contributed by atoms with Crippen molar-refractivity contribution in [1.29, 1.82) is 0 Å². The molecule has 1 aliphatic heterocycles. The van der Waals surface area contributed by atoms with Crippen LogP contribution >= 0.6 is 0 Å². The number of aromatic nitrogens is 5. The minimum atomic E-state index is 0.847. The highest BCUT2D eigenvalue weighted by atomic mass is 15.3. The lowest BCUT2D eigenvalue weighted by atomic mass is 10.0. The molecule has 5 heterocycles. The van der Waals surface area contributed by atoms with Crippen molar-refractivity contribution in [3.05, 3.63) is 66.7 Å². The van der Waals surface area contributed by atoms with E-state index >= 15 is 0 Å². The molecule has 1 aliphatic rings. The van der Waals surface area contributed by atoms with Crippen molar-refractivity contribution in [3.8, 4) is 22.4 Å². The van der Waals surface area contributed by atoms with Crippen molar-refractivity contribution in [3.63, 3.8) is 0 Å². The summed E-state index contributed by atoms with van der Waals surface area (Å²) < 4.78 is 1.92. The standard InChI is InChI=1S/C27H28N6/c1-2-33-18-22(15-30-33)25-13-23-24-12-21(14-29-27(24)31-26(23)16-28-25)20-8-6-19(7-9-20)17-32-10-4-3-5-11-32/h6-9,12-16,18H,2-5,10-11,17H2,1H3,(H,29,31). The minimum absolute atomic E-state index is 0.847. The van der Waals surface area contributed by atoms with Crippen LogP contribution in [0.1, 0.15) is 31.7 Å². The van der Waals surface area contributed by atoms with Gasteiger partial charge in [-0.25, -0.2) is 4.98 Å². The summed E-state index contributed by atoms with van der Waals surface area (Å²) in [5.41, 5.74) is 7.55. The number of nitrogens with one attached hydrogen (secondary N) is 1. The summed E-state index contributed by atoms with van der Waals surface area (Å²) in [7, 11) is 0. The van der Waals surface area contributed by atoms with E-state index in [1.165, 1.54) is 43.5 Å². The van der Waals surface area contributed by atoms with E-state index in [-0.39, 0.29) is 0 Å². The molecule has 6 rings (SSSR count). The fourth-order valence-corrected chi connectivity index (χ4v) is 4.84. The minimum Gasteiger partial charge on any atom is -0.338 e. The zero-order valence-corrected chi connectivity index (χ0v) is 19.0. The molecule has 0 amide bonds. The molecule has 33 heavy (non-hydrogen) atoms. The Bertz CT molecular complexity index is 1410. The second-order valence-corrected chi connectivity index (χ2v) is 8.98. The van der Waals surface area contributed by atoms with Crippen molar-refractivity contribution in [2.45, 2.75) is 39.3 Å². The topological polar surface area (TPSA) is 62.6 Å². The monoisotopic (exact) mass is 436 g/mol. The van der Waals surface area contributed by atoms with Crippen LogP contribution in [0.25, 0.3) is 44.3 Å². The molecule has 6 nitrogen and oxygen atoms in total. The van der Waals surface area contributed by atoms with Gasteiger partial charge in [0.25, 0.3) is 0 Å². The predicted octanol–water partition coefficient (Wildman–Crippen LogP) is 5.65. The second kappa shape index (κ2) is 8.45. The van der Waals surface area contributed by atoms with Gasteiger partial charge in [-0.2, -0.15) is 5.10 Å². The van der Waals surface area contributed by atoms with Gasteiger partial charge < -0.3 is 4.98 Å². The number of rotatable bonds is 5. The number of aromatic amines is 1. The molecule has 0 atom stereocenters. The molecule has 4 aromatic heterocycles. The summed E-state index contributed by atoms with van der Waals surface area (Å²) in [5, 5.41) is 6.64. The average Bonchev–Trinajstić information content (AvgIpc) is 3.49. The second-order valence-electron chi connectivity index (χ2n) is 8.98. The van der Waals surface area contributed by atoms with Gasteiger partial charge in [-0.15, -0.1) is 0 Å². The van der Waals surface area contributed by atoms with E-state index in [1.54, 1.807) is 0 Å². The molecule has 1 aromatic carbocycles. The lowest BCUT2D eigenvalue weighted by Gasteiger charge is -2.26. The molecule has 0 unspecified atom stereocenters. The Morgan fingerprint density at radius 2 is 1.70 bits per heavy atom. The highest BCUT2D eigenvalue weighted by Crippen LogP contribution is 2.31. The molecule has 0 bridgehead atoms. The number of hydrogen-bond donors (Lipinski definition) is 1. The van der Waals surface area contributed by atoms with E-state index in [1.807, 2.05) is 29.5 Å². The molecule has 0 aliphatic carbocycles. The van der Waals surface area contributed by atoms with Gasteiger partial charge in [0.2, 0.25) is 0 Å².